The average Bonchev–Trinajstić information content (AvgIpc) is 2.75. The Balaban J connectivity index is 1.69. The summed E-state index contributed by atoms with van der Waals surface area (Å²) in [6, 6.07) is 26.7. The van der Waals surface area contributed by atoms with Crippen LogP contribution in [0.25, 0.3) is 6.08 Å². The Bertz CT molecular complexity index is 1050. The number of nitriles is 1. The highest BCUT2D eigenvalue weighted by atomic mass is 16.5. The van der Waals surface area contributed by atoms with Gasteiger partial charge in [0.15, 0.2) is 0 Å². The molecule has 0 aliphatic carbocycles. The number of aryl methyl sites for hydroxylation is 1. The normalized spacial score (nSPS) is 12.0. The molecule has 0 aliphatic heterocycles. The molecule has 0 heterocycles. The number of nitrogens with one attached hydrogen (secondary N) is 1. The minimum atomic E-state index is -0.431. The van der Waals surface area contributed by atoms with Gasteiger partial charge in [-0.25, -0.2) is 0 Å². The molecule has 3 aromatic carbocycles. The van der Waals surface area contributed by atoms with Crippen molar-refractivity contribution < 1.29 is 9.53 Å². The topological polar surface area (TPSA) is 62.1 Å². The van der Waals surface area contributed by atoms with Gasteiger partial charge in [0, 0.05) is 5.69 Å². The van der Waals surface area contributed by atoms with E-state index in [4.69, 9.17) is 4.74 Å². The minimum Gasteiger partial charge on any atom is -0.486 e. The van der Waals surface area contributed by atoms with Crippen molar-refractivity contribution in [2.75, 3.05) is 5.32 Å². The van der Waals surface area contributed by atoms with E-state index in [0.29, 0.717) is 5.69 Å². The zero-order chi connectivity index (χ0) is 20.6. The molecule has 4 heteroatoms. The van der Waals surface area contributed by atoms with Crippen LogP contribution < -0.4 is 10.1 Å². The molecule has 0 bridgehead atoms. The van der Waals surface area contributed by atoms with Gasteiger partial charge in [-0.3, -0.25) is 4.79 Å². The van der Waals surface area contributed by atoms with E-state index in [1.807, 2.05) is 98.8 Å². The van der Waals surface area contributed by atoms with E-state index in [-0.39, 0.29) is 11.7 Å². The number of hydrogen-bond donors (Lipinski definition) is 1. The van der Waals surface area contributed by atoms with E-state index >= 15 is 0 Å². The molecule has 144 valence electrons. The predicted molar refractivity (Wildman–Crippen MR) is 115 cm³/mol. The lowest BCUT2D eigenvalue weighted by Crippen LogP contribution is -2.14. The van der Waals surface area contributed by atoms with Gasteiger partial charge in [0.1, 0.15) is 23.5 Å². The number of carbonyl (C=O) groups is 1. The molecule has 4 nitrogen and oxygen atoms in total. The fraction of sp³-hybridized carbons (Fsp3) is 0.120. The Morgan fingerprint density at radius 3 is 2.31 bits per heavy atom. The number of benzene rings is 3. The lowest BCUT2D eigenvalue weighted by atomic mass is 10.1. The van der Waals surface area contributed by atoms with Crippen molar-refractivity contribution in [3.05, 3.63) is 101 Å². The molecule has 3 rings (SSSR count). The van der Waals surface area contributed by atoms with Gasteiger partial charge >= 0.3 is 0 Å². The Hall–Kier alpha value is -3.84. The molecule has 0 saturated carbocycles. The number of ether oxygens (including phenoxy) is 1. The second-order valence-corrected chi connectivity index (χ2v) is 6.68. The lowest BCUT2D eigenvalue weighted by molar-refractivity contribution is -0.112. The average molecular weight is 382 g/mol. The molecule has 1 N–H and O–H groups in total. The number of rotatable bonds is 6. The number of carbonyl (C=O) groups excluding carboxylic acids is 1. The third kappa shape index (κ3) is 5.33. The Kier molecular flexibility index (Phi) is 6.44. The lowest BCUT2D eigenvalue weighted by Gasteiger charge is -2.15. The van der Waals surface area contributed by atoms with Crippen molar-refractivity contribution in [3.63, 3.8) is 0 Å². The highest BCUT2D eigenvalue weighted by molar-refractivity contribution is 6.09. The number of para-hydroxylation sites is 1. The summed E-state index contributed by atoms with van der Waals surface area (Å²) >= 11 is 0. The van der Waals surface area contributed by atoms with E-state index in [0.717, 1.165) is 22.4 Å². The van der Waals surface area contributed by atoms with Gasteiger partial charge in [0.25, 0.3) is 5.91 Å². The monoisotopic (exact) mass is 382 g/mol. The zero-order valence-corrected chi connectivity index (χ0v) is 16.4. The zero-order valence-electron chi connectivity index (χ0n) is 16.4. The molecule has 3 aromatic rings. The molecular weight excluding hydrogens is 360 g/mol. The molecule has 1 amide bonds. The second-order valence-electron chi connectivity index (χ2n) is 6.68. The fourth-order valence-corrected chi connectivity index (χ4v) is 2.86. The summed E-state index contributed by atoms with van der Waals surface area (Å²) in [5.41, 5.74) is 3.52. The standard InChI is InChI=1S/C25H22N2O2/c1-18-8-6-7-11-24(18)27-25(28)22(17-26)16-20-12-14-23(15-13-20)29-19(2)21-9-4-3-5-10-21/h3-16,19H,1-2H3,(H,27,28)/b22-16+. The summed E-state index contributed by atoms with van der Waals surface area (Å²) in [5.74, 6) is 0.293. The molecule has 0 radical (unpaired) electrons. The van der Waals surface area contributed by atoms with Gasteiger partial charge < -0.3 is 10.1 Å². The Labute approximate surface area is 171 Å². The van der Waals surface area contributed by atoms with Crippen LogP contribution in [0, 0.1) is 18.3 Å². The van der Waals surface area contributed by atoms with Crippen LogP contribution in [0.4, 0.5) is 5.69 Å². The number of amides is 1. The summed E-state index contributed by atoms with van der Waals surface area (Å²) in [4.78, 5) is 12.4. The molecule has 1 atom stereocenters. The highest BCUT2D eigenvalue weighted by Crippen LogP contribution is 2.23. The van der Waals surface area contributed by atoms with Crippen LogP contribution >= 0.6 is 0 Å². The van der Waals surface area contributed by atoms with Crippen molar-refractivity contribution in [3.8, 4) is 11.8 Å². The van der Waals surface area contributed by atoms with E-state index in [1.165, 1.54) is 0 Å². The van der Waals surface area contributed by atoms with Crippen LogP contribution in [-0.2, 0) is 4.79 Å². The first kappa shape index (κ1) is 19.9. The van der Waals surface area contributed by atoms with E-state index in [2.05, 4.69) is 5.32 Å². The van der Waals surface area contributed by atoms with Gasteiger partial charge in [-0.1, -0.05) is 60.7 Å². The SMILES string of the molecule is Cc1ccccc1NC(=O)/C(C#N)=C/c1ccc(OC(C)c2ccccc2)cc1. The van der Waals surface area contributed by atoms with Crippen LogP contribution in [0.5, 0.6) is 5.75 Å². The van der Waals surface area contributed by atoms with E-state index in [1.54, 1.807) is 6.08 Å². The van der Waals surface area contributed by atoms with E-state index in [9.17, 15) is 10.1 Å². The third-order valence-corrected chi connectivity index (χ3v) is 4.53. The molecule has 0 aromatic heterocycles. The van der Waals surface area contributed by atoms with Gasteiger partial charge in [-0.2, -0.15) is 5.26 Å². The third-order valence-electron chi connectivity index (χ3n) is 4.53. The van der Waals surface area contributed by atoms with Crippen molar-refractivity contribution >= 4 is 17.7 Å². The number of anilines is 1. The molecule has 1 unspecified atom stereocenters. The summed E-state index contributed by atoms with van der Waals surface area (Å²) in [6.07, 6.45) is 1.49. The van der Waals surface area contributed by atoms with Gasteiger partial charge in [-0.05, 0) is 54.8 Å². The molecule has 0 fully saturated rings. The fourth-order valence-electron chi connectivity index (χ4n) is 2.86. The number of nitrogens with zero attached hydrogens (tertiary/aromatic N) is 1. The van der Waals surface area contributed by atoms with Crippen LogP contribution in [0.3, 0.4) is 0 Å². The molecule has 0 spiro atoms. The minimum absolute atomic E-state index is 0.0413. The Morgan fingerprint density at radius 1 is 1.00 bits per heavy atom. The maximum atomic E-state index is 12.4. The number of hydrogen-bond acceptors (Lipinski definition) is 3. The molecule has 0 saturated heterocycles. The van der Waals surface area contributed by atoms with Gasteiger partial charge in [0.2, 0.25) is 0 Å². The van der Waals surface area contributed by atoms with Gasteiger partial charge in [0.05, 0.1) is 0 Å². The maximum Gasteiger partial charge on any atom is 0.266 e. The summed E-state index contributed by atoms with van der Waals surface area (Å²) in [7, 11) is 0. The first-order valence-electron chi connectivity index (χ1n) is 9.37. The van der Waals surface area contributed by atoms with Gasteiger partial charge in [-0.15, -0.1) is 0 Å². The van der Waals surface area contributed by atoms with Crippen LogP contribution in [0.2, 0.25) is 0 Å². The largest absolute Gasteiger partial charge is 0.486 e. The van der Waals surface area contributed by atoms with Crippen molar-refractivity contribution in [2.24, 2.45) is 0 Å². The first-order valence-corrected chi connectivity index (χ1v) is 9.37. The summed E-state index contributed by atoms with van der Waals surface area (Å²) in [5, 5.41) is 12.2. The highest BCUT2D eigenvalue weighted by Gasteiger charge is 2.11. The van der Waals surface area contributed by atoms with Crippen LogP contribution in [-0.4, -0.2) is 5.91 Å². The first-order chi connectivity index (χ1) is 14.1. The van der Waals surface area contributed by atoms with Crippen molar-refractivity contribution in [1.29, 1.82) is 5.26 Å². The summed E-state index contributed by atoms with van der Waals surface area (Å²) in [6.45, 7) is 3.90. The summed E-state index contributed by atoms with van der Waals surface area (Å²) < 4.78 is 5.96. The second kappa shape index (κ2) is 9.38. The van der Waals surface area contributed by atoms with Crippen molar-refractivity contribution in [2.45, 2.75) is 20.0 Å². The predicted octanol–water partition coefficient (Wildman–Crippen LogP) is 5.68. The maximum absolute atomic E-state index is 12.4. The molecular formula is C25H22N2O2. The quantitative estimate of drug-likeness (QED) is 0.441. The van der Waals surface area contributed by atoms with Crippen LogP contribution in [0.15, 0.2) is 84.4 Å². The molecule has 29 heavy (non-hydrogen) atoms. The van der Waals surface area contributed by atoms with Crippen LogP contribution in [0.1, 0.15) is 29.7 Å². The van der Waals surface area contributed by atoms with Crippen molar-refractivity contribution in [1.82, 2.24) is 0 Å². The smallest absolute Gasteiger partial charge is 0.266 e. The van der Waals surface area contributed by atoms with E-state index < -0.39 is 5.91 Å². The molecule has 0 aliphatic rings. The Morgan fingerprint density at radius 2 is 1.66 bits per heavy atom.